The molecule has 0 spiro atoms. The van der Waals surface area contributed by atoms with Gasteiger partial charge < -0.3 is 19.5 Å². The number of nitrogens with zero attached hydrogens (tertiary/aromatic N) is 4. The molecule has 0 atom stereocenters. The molecule has 1 aromatic carbocycles. The Morgan fingerprint density at radius 1 is 1.11 bits per heavy atom. The van der Waals surface area contributed by atoms with Crippen LogP contribution in [0, 0.1) is 0 Å². The van der Waals surface area contributed by atoms with Gasteiger partial charge in [0.2, 0.25) is 5.95 Å². The van der Waals surface area contributed by atoms with Gasteiger partial charge in [-0.05, 0) is 29.8 Å². The number of benzene rings is 1. The van der Waals surface area contributed by atoms with Crippen molar-refractivity contribution in [3.63, 3.8) is 0 Å². The molecule has 3 aromatic rings. The van der Waals surface area contributed by atoms with E-state index in [0.29, 0.717) is 49.5 Å². The van der Waals surface area contributed by atoms with Gasteiger partial charge in [0.15, 0.2) is 5.76 Å². The minimum atomic E-state index is -0.0746. The van der Waals surface area contributed by atoms with Crippen LogP contribution in [-0.4, -0.2) is 47.0 Å². The van der Waals surface area contributed by atoms with Crippen LogP contribution in [0.3, 0.4) is 0 Å². The van der Waals surface area contributed by atoms with Crippen molar-refractivity contribution in [3.8, 4) is 0 Å². The van der Waals surface area contributed by atoms with Gasteiger partial charge in [-0.1, -0.05) is 29.8 Å². The molecule has 1 aliphatic rings. The zero-order valence-corrected chi connectivity index (χ0v) is 16.0. The van der Waals surface area contributed by atoms with Crippen molar-refractivity contribution in [2.45, 2.75) is 6.54 Å². The number of piperazine rings is 1. The van der Waals surface area contributed by atoms with E-state index in [4.69, 9.17) is 16.0 Å². The predicted molar refractivity (Wildman–Crippen MR) is 108 cm³/mol. The first-order chi connectivity index (χ1) is 13.7. The number of hydrogen-bond acceptors (Lipinski definition) is 6. The van der Waals surface area contributed by atoms with E-state index in [9.17, 15) is 4.79 Å². The normalized spacial score (nSPS) is 14.2. The zero-order valence-electron chi connectivity index (χ0n) is 15.2. The minimum Gasteiger partial charge on any atom is -0.459 e. The number of hydrogen-bond donors (Lipinski definition) is 1. The predicted octanol–water partition coefficient (Wildman–Crippen LogP) is 3.30. The summed E-state index contributed by atoms with van der Waals surface area (Å²) >= 11 is 6.19. The van der Waals surface area contributed by atoms with Crippen molar-refractivity contribution in [1.29, 1.82) is 0 Å². The fraction of sp³-hybridized carbons (Fsp3) is 0.250. The molecule has 0 saturated carbocycles. The summed E-state index contributed by atoms with van der Waals surface area (Å²) in [5.41, 5.74) is 0.989. The molecule has 144 valence electrons. The van der Waals surface area contributed by atoms with Crippen LogP contribution in [-0.2, 0) is 6.54 Å². The van der Waals surface area contributed by atoms with Gasteiger partial charge in [-0.25, -0.2) is 4.98 Å². The summed E-state index contributed by atoms with van der Waals surface area (Å²) in [5.74, 6) is 1.68. The molecule has 0 aliphatic carbocycles. The zero-order chi connectivity index (χ0) is 19.3. The maximum absolute atomic E-state index is 12.4. The summed E-state index contributed by atoms with van der Waals surface area (Å²) in [6, 6.07) is 13.0. The Balaban J connectivity index is 1.36. The maximum atomic E-state index is 12.4. The monoisotopic (exact) mass is 397 g/mol. The first kappa shape index (κ1) is 18.3. The third kappa shape index (κ3) is 4.09. The number of halogens is 1. The fourth-order valence-corrected chi connectivity index (χ4v) is 3.32. The molecular formula is C20H20ClN5O2. The molecule has 1 N–H and O–H groups in total. The molecule has 1 aliphatic heterocycles. The first-order valence-corrected chi connectivity index (χ1v) is 9.46. The number of nitrogens with one attached hydrogen (secondary N) is 1. The summed E-state index contributed by atoms with van der Waals surface area (Å²) in [4.78, 5) is 25.2. The van der Waals surface area contributed by atoms with Crippen LogP contribution in [0.15, 0.2) is 59.3 Å². The topological polar surface area (TPSA) is 74.5 Å². The Labute approximate surface area is 167 Å². The van der Waals surface area contributed by atoms with Crippen LogP contribution < -0.4 is 10.2 Å². The fourth-order valence-electron chi connectivity index (χ4n) is 3.12. The molecule has 8 heteroatoms. The first-order valence-electron chi connectivity index (χ1n) is 9.09. The quantitative estimate of drug-likeness (QED) is 0.712. The summed E-state index contributed by atoms with van der Waals surface area (Å²) < 4.78 is 5.20. The lowest BCUT2D eigenvalue weighted by Gasteiger charge is -2.35. The summed E-state index contributed by atoms with van der Waals surface area (Å²) in [6.45, 7) is 3.19. The number of aromatic nitrogens is 2. The lowest BCUT2D eigenvalue weighted by molar-refractivity contribution is 0.0714. The maximum Gasteiger partial charge on any atom is 0.289 e. The van der Waals surface area contributed by atoms with E-state index in [-0.39, 0.29) is 5.91 Å². The number of amides is 1. The highest BCUT2D eigenvalue weighted by Gasteiger charge is 2.24. The lowest BCUT2D eigenvalue weighted by Crippen LogP contribution is -2.49. The van der Waals surface area contributed by atoms with Crippen LogP contribution in [0.25, 0.3) is 0 Å². The van der Waals surface area contributed by atoms with Gasteiger partial charge in [0, 0.05) is 43.9 Å². The van der Waals surface area contributed by atoms with Gasteiger partial charge in [0.1, 0.15) is 5.82 Å². The Morgan fingerprint density at radius 3 is 2.68 bits per heavy atom. The number of rotatable bonds is 5. The van der Waals surface area contributed by atoms with E-state index in [1.54, 1.807) is 23.2 Å². The molecule has 1 fully saturated rings. The average Bonchev–Trinajstić information content (AvgIpc) is 3.28. The van der Waals surface area contributed by atoms with E-state index >= 15 is 0 Å². The van der Waals surface area contributed by atoms with Crippen LogP contribution >= 0.6 is 11.6 Å². The summed E-state index contributed by atoms with van der Waals surface area (Å²) in [6.07, 6.45) is 3.25. The third-order valence-corrected chi connectivity index (χ3v) is 5.03. The Kier molecular flexibility index (Phi) is 5.43. The van der Waals surface area contributed by atoms with Crippen molar-refractivity contribution in [2.24, 2.45) is 0 Å². The highest BCUT2D eigenvalue weighted by Crippen LogP contribution is 2.18. The third-order valence-electron chi connectivity index (χ3n) is 4.66. The van der Waals surface area contributed by atoms with E-state index < -0.39 is 0 Å². The van der Waals surface area contributed by atoms with Gasteiger partial charge in [-0.2, -0.15) is 4.98 Å². The van der Waals surface area contributed by atoms with Crippen molar-refractivity contribution in [3.05, 3.63) is 71.3 Å². The molecule has 3 heterocycles. The van der Waals surface area contributed by atoms with Crippen molar-refractivity contribution < 1.29 is 9.21 Å². The highest BCUT2D eigenvalue weighted by molar-refractivity contribution is 6.31. The van der Waals surface area contributed by atoms with E-state index in [1.165, 1.54) is 6.26 Å². The minimum absolute atomic E-state index is 0.0746. The van der Waals surface area contributed by atoms with Crippen molar-refractivity contribution in [1.82, 2.24) is 14.9 Å². The summed E-state index contributed by atoms with van der Waals surface area (Å²) in [5, 5.41) is 3.93. The van der Waals surface area contributed by atoms with Crippen LogP contribution in [0.4, 0.5) is 11.8 Å². The van der Waals surface area contributed by atoms with Gasteiger partial charge in [0.05, 0.1) is 6.26 Å². The number of anilines is 2. The molecule has 1 amide bonds. The number of carbonyl (C=O) groups is 1. The van der Waals surface area contributed by atoms with E-state index in [2.05, 4.69) is 20.2 Å². The largest absolute Gasteiger partial charge is 0.459 e. The molecule has 0 radical (unpaired) electrons. The van der Waals surface area contributed by atoms with Crippen LogP contribution in [0.1, 0.15) is 16.1 Å². The van der Waals surface area contributed by atoms with E-state index in [0.717, 1.165) is 11.4 Å². The summed E-state index contributed by atoms with van der Waals surface area (Å²) in [7, 11) is 0. The van der Waals surface area contributed by atoms with Crippen LogP contribution in [0.5, 0.6) is 0 Å². The van der Waals surface area contributed by atoms with Crippen molar-refractivity contribution in [2.75, 3.05) is 36.4 Å². The second-order valence-corrected chi connectivity index (χ2v) is 6.85. The SMILES string of the molecule is O=C(c1ccco1)N1CCN(c2ccnc(NCc3ccccc3Cl)n2)CC1. The number of carbonyl (C=O) groups excluding carboxylic acids is 1. The van der Waals surface area contributed by atoms with Crippen LogP contribution in [0.2, 0.25) is 5.02 Å². The molecule has 0 unspecified atom stereocenters. The molecule has 2 aromatic heterocycles. The van der Waals surface area contributed by atoms with Gasteiger partial charge in [-0.3, -0.25) is 4.79 Å². The molecular weight excluding hydrogens is 378 g/mol. The Bertz CT molecular complexity index is 939. The van der Waals surface area contributed by atoms with Gasteiger partial charge >= 0.3 is 0 Å². The number of furan rings is 1. The molecule has 28 heavy (non-hydrogen) atoms. The average molecular weight is 398 g/mol. The Morgan fingerprint density at radius 2 is 1.93 bits per heavy atom. The molecule has 4 rings (SSSR count). The van der Waals surface area contributed by atoms with Crippen molar-refractivity contribution >= 4 is 29.3 Å². The second-order valence-electron chi connectivity index (χ2n) is 6.44. The van der Waals surface area contributed by atoms with Gasteiger partial charge in [0.25, 0.3) is 5.91 Å². The Hall–Kier alpha value is -3.06. The van der Waals surface area contributed by atoms with E-state index in [1.807, 2.05) is 30.3 Å². The molecule has 0 bridgehead atoms. The lowest BCUT2D eigenvalue weighted by atomic mass is 10.2. The van der Waals surface area contributed by atoms with Gasteiger partial charge in [-0.15, -0.1) is 0 Å². The standard InChI is InChI=1S/C20H20ClN5O2/c21-16-5-2-1-4-15(16)14-23-20-22-8-7-18(24-20)25-9-11-26(12-10-25)19(27)17-6-3-13-28-17/h1-8,13H,9-12,14H2,(H,22,23,24). The molecule has 7 nitrogen and oxygen atoms in total. The highest BCUT2D eigenvalue weighted by atomic mass is 35.5. The smallest absolute Gasteiger partial charge is 0.289 e. The second kappa shape index (κ2) is 8.31. The molecule has 1 saturated heterocycles.